The van der Waals surface area contributed by atoms with Crippen LogP contribution in [0.1, 0.15) is 19.3 Å². The van der Waals surface area contributed by atoms with Crippen molar-refractivity contribution in [2.45, 2.75) is 24.5 Å². The van der Waals surface area contributed by atoms with E-state index in [1.807, 2.05) is 0 Å². The molecule has 0 aliphatic carbocycles. The maximum absolute atomic E-state index is 12.6. The molecule has 2 rings (SSSR count). The summed E-state index contributed by atoms with van der Waals surface area (Å²) in [6.45, 7) is 0.515. The first-order valence-electron chi connectivity index (χ1n) is 12.7. The smallest absolute Gasteiger partial charge is 0.347 e. The highest BCUT2D eigenvalue weighted by Crippen LogP contribution is 2.19. The molecule has 0 bridgehead atoms. The average Bonchev–Trinajstić information content (AvgIpc) is 3.12. The van der Waals surface area contributed by atoms with Gasteiger partial charge in [0, 0.05) is 52.4 Å². The number of hydrogen-bond acceptors (Lipinski definition) is 13. The highest BCUT2D eigenvalue weighted by molar-refractivity contribution is 7.87. The number of carboxylic acid groups (broad SMARTS) is 3. The zero-order valence-corrected chi connectivity index (χ0v) is 23.1. The minimum Gasteiger partial charge on any atom is -0.480 e. The van der Waals surface area contributed by atoms with E-state index in [-0.39, 0.29) is 70.5 Å². The number of hydrogen-bond donors (Lipinski definition) is 4. The van der Waals surface area contributed by atoms with Crippen LogP contribution in [0.3, 0.4) is 0 Å². The minimum atomic E-state index is -4.89. The Morgan fingerprint density at radius 3 is 1.37 bits per heavy atom. The molecule has 2 aliphatic rings. The number of carbonyl (C=O) groups excluding carboxylic acids is 3. The van der Waals surface area contributed by atoms with E-state index in [0.29, 0.717) is 19.4 Å². The lowest BCUT2D eigenvalue weighted by Gasteiger charge is -2.30. The van der Waals surface area contributed by atoms with Gasteiger partial charge < -0.3 is 20.2 Å². The van der Waals surface area contributed by atoms with Gasteiger partial charge in [-0.1, -0.05) is 0 Å². The van der Waals surface area contributed by atoms with Gasteiger partial charge in [-0.15, -0.1) is 5.06 Å². The predicted octanol–water partition coefficient (Wildman–Crippen LogP) is -3.28. The first kappa shape index (κ1) is 34.0. The molecule has 1 unspecified atom stereocenters. The maximum Gasteiger partial charge on any atom is 0.347 e. The summed E-state index contributed by atoms with van der Waals surface area (Å²) in [7, 11) is -4.89. The van der Waals surface area contributed by atoms with Crippen molar-refractivity contribution >= 4 is 45.8 Å². The van der Waals surface area contributed by atoms with Crippen LogP contribution in [0.15, 0.2) is 0 Å². The Bertz CT molecular complexity index is 1100. The molecule has 19 heteroatoms. The summed E-state index contributed by atoms with van der Waals surface area (Å²) >= 11 is 0. The molecule has 0 saturated carbocycles. The van der Waals surface area contributed by atoms with Gasteiger partial charge in [0.2, 0.25) is 0 Å². The standard InChI is InChI=1S/C22H35N5O13S/c28-17-11-16(41(37,38)39)22(36)27(17)40-21(35)15-26-6-2-5-24(13-19(31)32)8-7-23(12-18(29)30)3-1-4-25(9-10-26)14-20(33)34/h16H,1-15H2,(H,29,30)(H,31,32)(H,33,34)(H,37,38,39). The molecule has 2 heterocycles. The number of imide groups is 1. The summed E-state index contributed by atoms with van der Waals surface area (Å²) < 4.78 is 31.8. The van der Waals surface area contributed by atoms with Crippen molar-refractivity contribution in [2.75, 3.05) is 78.5 Å². The second-order valence-corrected chi connectivity index (χ2v) is 11.3. The lowest BCUT2D eigenvalue weighted by molar-refractivity contribution is -0.198. The Morgan fingerprint density at radius 2 is 1.05 bits per heavy atom. The van der Waals surface area contributed by atoms with Crippen molar-refractivity contribution in [2.24, 2.45) is 0 Å². The topological polar surface area (TPSA) is 243 Å². The van der Waals surface area contributed by atoms with E-state index in [4.69, 9.17) is 9.39 Å². The number of hydroxylamine groups is 2. The first-order valence-corrected chi connectivity index (χ1v) is 14.2. The normalized spacial score (nSPS) is 21.9. The fourth-order valence-corrected chi connectivity index (χ4v) is 5.18. The van der Waals surface area contributed by atoms with E-state index in [1.54, 1.807) is 19.6 Å². The Balaban J connectivity index is 2.13. The average molecular weight is 610 g/mol. The largest absolute Gasteiger partial charge is 0.480 e. The molecule has 0 spiro atoms. The molecular weight excluding hydrogens is 574 g/mol. The molecule has 0 aromatic heterocycles. The molecule has 18 nitrogen and oxygen atoms in total. The molecule has 0 aromatic carbocycles. The molecule has 2 fully saturated rings. The Labute approximate surface area is 235 Å². The van der Waals surface area contributed by atoms with Crippen molar-refractivity contribution in [3.05, 3.63) is 0 Å². The van der Waals surface area contributed by atoms with Crippen LogP contribution in [0.4, 0.5) is 0 Å². The molecule has 0 radical (unpaired) electrons. The lowest BCUT2D eigenvalue weighted by atomic mass is 10.2. The van der Waals surface area contributed by atoms with Crippen LogP contribution in [-0.4, -0.2) is 172 Å². The molecule has 2 saturated heterocycles. The van der Waals surface area contributed by atoms with Gasteiger partial charge in [0.05, 0.1) is 32.6 Å². The zero-order chi connectivity index (χ0) is 30.7. The number of rotatable bonds is 10. The number of nitrogens with zero attached hydrogens (tertiary/aromatic N) is 5. The summed E-state index contributed by atoms with van der Waals surface area (Å²) in [5, 5.41) is 25.7. The number of aliphatic carboxylic acids is 3. The van der Waals surface area contributed by atoms with E-state index in [1.165, 1.54) is 0 Å². The highest BCUT2D eigenvalue weighted by Gasteiger charge is 2.48. The number of carbonyl (C=O) groups is 6. The van der Waals surface area contributed by atoms with E-state index >= 15 is 0 Å². The van der Waals surface area contributed by atoms with Gasteiger partial charge >= 0.3 is 23.9 Å². The lowest BCUT2D eigenvalue weighted by Crippen LogP contribution is -2.45. The Morgan fingerprint density at radius 1 is 0.683 bits per heavy atom. The highest BCUT2D eigenvalue weighted by atomic mass is 32.2. The van der Waals surface area contributed by atoms with Gasteiger partial charge in [-0.2, -0.15) is 8.42 Å². The second kappa shape index (κ2) is 15.7. The summed E-state index contributed by atoms with van der Waals surface area (Å²) in [6, 6.07) is 0. The maximum atomic E-state index is 12.6. The van der Waals surface area contributed by atoms with Crippen molar-refractivity contribution in [1.29, 1.82) is 0 Å². The monoisotopic (exact) mass is 609 g/mol. The van der Waals surface area contributed by atoms with Crippen LogP contribution in [0.2, 0.25) is 0 Å². The van der Waals surface area contributed by atoms with Gasteiger partial charge in [0.1, 0.15) is 0 Å². The van der Waals surface area contributed by atoms with E-state index in [0.717, 1.165) is 0 Å². The minimum absolute atomic E-state index is 0.000844. The van der Waals surface area contributed by atoms with Gasteiger partial charge in [0.25, 0.3) is 21.9 Å². The van der Waals surface area contributed by atoms with Crippen LogP contribution < -0.4 is 0 Å². The van der Waals surface area contributed by atoms with Crippen LogP contribution in [0, 0.1) is 0 Å². The van der Waals surface area contributed by atoms with Crippen molar-refractivity contribution in [1.82, 2.24) is 24.7 Å². The van der Waals surface area contributed by atoms with Crippen LogP contribution >= 0.6 is 0 Å². The third-order valence-corrected chi connectivity index (χ3v) is 7.49. The van der Waals surface area contributed by atoms with Gasteiger partial charge in [-0.05, 0) is 12.8 Å². The molecule has 1 atom stereocenters. The second-order valence-electron chi connectivity index (χ2n) is 9.69. The molecule has 41 heavy (non-hydrogen) atoms. The van der Waals surface area contributed by atoms with Crippen LogP contribution in [0.25, 0.3) is 0 Å². The van der Waals surface area contributed by atoms with Gasteiger partial charge in [0.15, 0.2) is 5.25 Å². The third kappa shape index (κ3) is 12.0. The Kier molecular flexibility index (Phi) is 13.0. The molecular formula is C22H35N5O13S. The zero-order valence-electron chi connectivity index (χ0n) is 22.3. The molecule has 0 aromatic rings. The third-order valence-electron chi connectivity index (χ3n) is 6.41. The SMILES string of the molecule is O=C(O)CN1CCCN(CC(=O)O)CCN(CC(=O)ON2C(=O)CC(S(=O)(=O)O)C2=O)CCCN(CC(=O)O)CC1. The predicted molar refractivity (Wildman–Crippen MR) is 136 cm³/mol. The fourth-order valence-electron chi connectivity index (χ4n) is 4.48. The van der Waals surface area contributed by atoms with Crippen molar-refractivity contribution < 1.29 is 61.9 Å². The van der Waals surface area contributed by atoms with E-state index in [9.17, 15) is 52.5 Å². The molecule has 4 N–H and O–H groups in total. The first-order chi connectivity index (χ1) is 19.1. The van der Waals surface area contributed by atoms with Gasteiger partial charge in [-0.3, -0.25) is 48.1 Å². The summed E-state index contributed by atoms with van der Waals surface area (Å²) in [4.78, 5) is 82.1. The van der Waals surface area contributed by atoms with Crippen LogP contribution in [0.5, 0.6) is 0 Å². The molecule has 2 aliphatic heterocycles. The summed E-state index contributed by atoms with van der Waals surface area (Å²) in [6.07, 6.45) is -0.136. The number of amides is 2. The summed E-state index contributed by atoms with van der Waals surface area (Å²) in [5.74, 6) is -6.83. The molecule has 2 amide bonds. The Hall–Kier alpha value is -3.23. The molecule has 232 valence electrons. The van der Waals surface area contributed by atoms with Crippen molar-refractivity contribution in [3.63, 3.8) is 0 Å². The van der Waals surface area contributed by atoms with Crippen molar-refractivity contribution in [3.8, 4) is 0 Å². The van der Waals surface area contributed by atoms with E-state index in [2.05, 4.69) is 0 Å². The fraction of sp³-hybridized carbons (Fsp3) is 0.727. The van der Waals surface area contributed by atoms with Crippen LogP contribution in [-0.2, 0) is 43.7 Å². The number of carboxylic acids is 3. The van der Waals surface area contributed by atoms with E-state index < -0.39 is 64.0 Å². The summed E-state index contributed by atoms with van der Waals surface area (Å²) in [5.41, 5.74) is 0. The quantitative estimate of drug-likeness (QED) is 0.140. The van der Waals surface area contributed by atoms with Gasteiger partial charge in [-0.25, -0.2) is 4.79 Å².